The summed E-state index contributed by atoms with van der Waals surface area (Å²) < 4.78 is 15.1. The minimum Gasteiger partial charge on any atom is -0.496 e. The molecule has 0 saturated heterocycles. The Morgan fingerprint density at radius 1 is 1.29 bits per heavy atom. The lowest BCUT2D eigenvalue weighted by atomic mass is 10.0. The molecule has 1 rings (SSSR count). The minimum atomic E-state index is -0.170. The van der Waals surface area contributed by atoms with E-state index in [2.05, 4.69) is 23.0 Å². The number of ether oxygens (including phenoxy) is 3. The highest BCUT2D eigenvalue weighted by atomic mass is 16.5. The van der Waals surface area contributed by atoms with E-state index in [4.69, 9.17) is 9.47 Å². The third-order valence-electron chi connectivity index (χ3n) is 3.34. The Morgan fingerprint density at radius 3 is 2.67 bits per heavy atom. The molecule has 1 aromatic carbocycles. The predicted octanol–water partition coefficient (Wildman–Crippen LogP) is 2.45. The highest BCUT2D eigenvalue weighted by Crippen LogP contribution is 2.24. The summed E-state index contributed by atoms with van der Waals surface area (Å²) in [5, 5.41) is 3.40. The number of esters is 1. The zero-order chi connectivity index (χ0) is 15.7. The maximum absolute atomic E-state index is 11.0. The van der Waals surface area contributed by atoms with Crippen molar-refractivity contribution in [1.82, 2.24) is 5.32 Å². The molecule has 0 bridgehead atoms. The van der Waals surface area contributed by atoms with Crippen molar-refractivity contribution in [1.29, 1.82) is 0 Å². The molecule has 0 aliphatic carbocycles. The van der Waals surface area contributed by atoms with Crippen molar-refractivity contribution in [3.63, 3.8) is 0 Å². The normalized spacial score (nSPS) is 12.0. The molecule has 1 aromatic rings. The Labute approximate surface area is 126 Å². The van der Waals surface area contributed by atoms with Gasteiger partial charge in [-0.2, -0.15) is 0 Å². The molecule has 0 radical (unpaired) electrons. The standard InChI is InChI=1S/C16H25NO4/c1-12(17-9-5-6-16(18)21-4)13-7-8-15(20-3)14(10-13)11-19-2/h7-8,10,12,17H,5-6,9,11H2,1-4H3. The molecule has 0 aliphatic heterocycles. The second-order valence-electron chi connectivity index (χ2n) is 4.86. The number of hydrogen-bond donors (Lipinski definition) is 1. The molecular weight excluding hydrogens is 270 g/mol. The van der Waals surface area contributed by atoms with Crippen molar-refractivity contribution in [2.45, 2.75) is 32.4 Å². The first kappa shape index (κ1) is 17.5. The molecule has 0 heterocycles. The number of carbonyl (C=O) groups excluding carboxylic acids is 1. The van der Waals surface area contributed by atoms with Crippen LogP contribution < -0.4 is 10.1 Å². The number of hydrogen-bond acceptors (Lipinski definition) is 5. The molecule has 0 fully saturated rings. The van der Waals surface area contributed by atoms with Crippen LogP contribution in [0.1, 0.15) is 36.9 Å². The van der Waals surface area contributed by atoms with Crippen LogP contribution in [0.3, 0.4) is 0 Å². The lowest BCUT2D eigenvalue weighted by Gasteiger charge is -2.16. The number of nitrogens with one attached hydrogen (secondary N) is 1. The monoisotopic (exact) mass is 295 g/mol. The van der Waals surface area contributed by atoms with E-state index in [1.165, 1.54) is 12.7 Å². The van der Waals surface area contributed by atoms with Gasteiger partial charge in [0.2, 0.25) is 0 Å². The van der Waals surface area contributed by atoms with Gasteiger partial charge in [0.05, 0.1) is 20.8 Å². The number of carbonyl (C=O) groups is 1. The third-order valence-corrected chi connectivity index (χ3v) is 3.34. The van der Waals surface area contributed by atoms with Crippen LogP contribution in [0, 0.1) is 0 Å². The summed E-state index contributed by atoms with van der Waals surface area (Å²) in [6.07, 6.45) is 1.20. The van der Waals surface area contributed by atoms with Crippen LogP contribution in [-0.4, -0.2) is 33.8 Å². The van der Waals surface area contributed by atoms with Gasteiger partial charge in [0.15, 0.2) is 0 Å². The largest absolute Gasteiger partial charge is 0.496 e. The fourth-order valence-corrected chi connectivity index (χ4v) is 2.11. The molecule has 1 N–H and O–H groups in total. The van der Waals surface area contributed by atoms with E-state index in [9.17, 15) is 4.79 Å². The maximum Gasteiger partial charge on any atom is 0.305 e. The fraction of sp³-hybridized carbons (Fsp3) is 0.562. The fourth-order valence-electron chi connectivity index (χ4n) is 2.11. The SMILES string of the molecule is COCc1cc(C(C)NCCCC(=O)OC)ccc1OC. The summed E-state index contributed by atoms with van der Waals surface area (Å²) in [6, 6.07) is 6.27. The molecule has 1 atom stereocenters. The zero-order valence-electron chi connectivity index (χ0n) is 13.3. The van der Waals surface area contributed by atoms with Crippen LogP contribution in [0.2, 0.25) is 0 Å². The van der Waals surface area contributed by atoms with Crippen LogP contribution in [0.5, 0.6) is 5.75 Å². The van der Waals surface area contributed by atoms with Gasteiger partial charge in [-0.3, -0.25) is 4.79 Å². The second-order valence-corrected chi connectivity index (χ2v) is 4.86. The molecule has 0 aliphatic rings. The van der Waals surface area contributed by atoms with Gasteiger partial charge in [-0.1, -0.05) is 6.07 Å². The smallest absolute Gasteiger partial charge is 0.305 e. The Hall–Kier alpha value is -1.59. The molecule has 118 valence electrons. The molecule has 5 heteroatoms. The van der Waals surface area contributed by atoms with Gasteiger partial charge >= 0.3 is 5.97 Å². The van der Waals surface area contributed by atoms with E-state index in [1.807, 2.05) is 12.1 Å². The molecule has 0 aromatic heterocycles. The summed E-state index contributed by atoms with van der Waals surface area (Å²) in [4.78, 5) is 11.0. The van der Waals surface area contributed by atoms with E-state index in [-0.39, 0.29) is 12.0 Å². The Balaban J connectivity index is 2.55. The zero-order valence-corrected chi connectivity index (χ0v) is 13.3. The van der Waals surface area contributed by atoms with Crippen LogP contribution in [0.4, 0.5) is 0 Å². The van der Waals surface area contributed by atoms with Gasteiger partial charge in [-0.25, -0.2) is 0 Å². The molecule has 0 amide bonds. The van der Waals surface area contributed by atoms with Crippen LogP contribution in [0.25, 0.3) is 0 Å². The molecule has 5 nitrogen and oxygen atoms in total. The summed E-state index contributed by atoms with van der Waals surface area (Å²) in [7, 11) is 4.73. The minimum absolute atomic E-state index is 0.170. The van der Waals surface area contributed by atoms with E-state index >= 15 is 0 Å². The average Bonchev–Trinajstić information content (AvgIpc) is 2.51. The van der Waals surface area contributed by atoms with Crippen LogP contribution in [0.15, 0.2) is 18.2 Å². The van der Waals surface area contributed by atoms with Gasteiger partial charge < -0.3 is 19.5 Å². The van der Waals surface area contributed by atoms with Crippen LogP contribution in [-0.2, 0) is 20.9 Å². The highest BCUT2D eigenvalue weighted by Gasteiger charge is 2.09. The van der Waals surface area contributed by atoms with Gasteiger partial charge in [-0.05, 0) is 37.6 Å². The van der Waals surface area contributed by atoms with E-state index in [0.29, 0.717) is 13.0 Å². The molecule has 21 heavy (non-hydrogen) atoms. The molecular formula is C16H25NO4. The first-order valence-electron chi connectivity index (χ1n) is 7.08. The molecule has 0 spiro atoms. The summed E-state index contributed by atoms with van der Waals surface area (Å²) >= 11 is 0. The predicted molar refractivity (Wildman–Crippen MR) is 81.4 cm³/mol. The topological polar surface area (TPSA) is 56.8 Å². The van der Waals surface area contributed by atoms with Crippen molar-refractivity contribution >= 4 is 5.97 Å². The Morgan fingerprint density at radius 2 is 2.05 bits per heavy atom. The van der Waals surface area contributed by atoms with Crippen molar-refractivity contribution in [2.24, 2.45) is 0 Å². The van der Waals surface area contributed by atoms with Crippen molar-refractivity contribution < 1.29 is 19.0 Å². The quantitative estimate of drug-likeness (QED) is 0.560. The van der Waals surface area contributed by atoms with Crippen molar-refractivity contribution in [2.75, 3.05) is 27.9 Å². The van der Waals surface area contributed by atoms with E-state index < -0.39 is 0 Å². The highest BCUT2D eigenvalue weighted by molar-refractivity contribution is 5.69. The Kier molecular flexibility index (Phi) is 7.79. The number of benzene rings is 1. The lowest BCUT2D eigenvalue weighted by Crippen LogP contribution is -2.21. The summed E-state index contributed by atoms with van der Waals surface area (Å²) in [5.41, 5.74) is 2.20. The third kappa shape index (κ3) is 5.73. The van der Waals surface area contributed by atoms with Crippen molar-refractivity contribution in [3.8, 4) is 5.75 Å². The second kappa shape index (κ2) is 9.37. The lowest BCUT2D eigenvalue weighted by molar-refractivity contribution is -0.140. The van der Waals surface area contributed by atoms with E-state index in [0.717, 1.165) is 24.3 Å². The average molecular weight is 295 g/mol. The first-order valence-corrected chi connectivity index (χ1v) is 7.08. The maximum atomic E-state index is 11.0. The first-order chi connectivity index (χ1) is 10.1. The molecule has 0 saturated carbocycles. The van der Waals surface area contributed by atoms with E-state index in [1.54, 1.807) is 14.2 Å². The summed E-state index contributed by atoms with van der Waals surface area (Å²) in [5.74, 6) is 0.662. The summed E-state index contributed by atoms with van der Waals surface area (Å²) in [6.45, 7) is 3.38. The Bertz CT molecular complexity index is 448. The van der Waals surface area contributed by atoms with Gasteiger partial charge in [0.1, 0.15) is 5.75 Å². The number of methoxy groups -OCH3 is 3. The van der Waals surface area contributed by atoms with Crippen LogP contribution >= 0.6 is 0 Å². The number of rotatable bonds is 9. The van der Waals surface area contributed by atoms with Crippen molar-refractivity contribution in [3.05, 3.63) is 29.3 Å². The molecule has 1 unspecified atom stereocenters. The van der Waals surface area contributed by atoms with Gasteiger partial charge in [0, 0.05) is 25.1 Å². The van der Waals surface area contributed by atoms with Gasteiger partial charge in [-0.15, -0.1) is 0 Å². The van der Waals surface area contributed by atoms with Gasteiger partial charge in [0.25, 0.3) is 0 Å².